The molecule has 0 fully saturated rings. The van der Waals surface area contributed by atoms with E-state index in [9.17, 15) is 9.59 Å². The first-order chi connectivity index (χ1) is 16.8. The van der Waals surface area contributed by atoms with Crippen molar-refractivity contribution in [2.24, 2.45) is 0 Å². The smallest absolute Gasteiger partial charge is 0.221 e. The minimum Gasteiger partial charge on any atom is -0.326 e. The van der Waals surface area contributed by atoms with Crippen LogP contribution in [0.3, 0.4) is 0 Å². The third kappa shape index (κ3) is 8.36. The van der Waals surface area contributed by atoms with Gasteiger partial charge < -0.3 is 10.6 Å². The standard InChI is InChI=1S/C29H38N4O2/c1-7-32(8-2)28(24-14-18-26(19-15-24)30-22(5)34)12-11-13-29(33(9-3)10-4)25-16-20-27(21-17-25)31-23(6)35/h12-21,28H,7-10H2,1-6H3,(H-,30,31,34,35)/p+1/b29-13+. The first kappa shape index (κ1) is 27.8. The third-order valence-corrected chi connectivity index (χ3v) is 5.86. The van der Waals surface area contributed by atoms with Crippen LogP contribution in [0.5, 0.6) is 0 Å². The SMILES string of the molecule is CCN(CC)/C(=C/[C+]=CC(c1ccc(NC(C)=O)cc1)N(CC)CC)c1ccc(NC(C)=O)cc1. The molecule has 0 aliphatic carbocycles. The van der Waals surface area contributed by atoms with Gasteiger partial charge in [-0.1, -0.05) is 26.0 Å². The molecule has 1 atom stereocenters. The molecule has 6 heteroatoms. The molecule has 0 spiro atoms. The number of nitrogens with one attached hydrogen (secondary N) is 2. The van der Waals surface area contributed by atoms with E-state index in [-0.39, 0.29) is 17.9 Å². The van der Waals surface area contributed by atoms with Crippen molar-refractivity contribution in [3.05, 3.63) is 77.9 Å². The molecule has 2 amide bonds. The lowest BCUT2D eigenvalue weighted by molar-refractivity contribution is -0.115. The second kappa shape index (κ2) is 14.1. The topological polar surface area (TPSA) is 64.7 Å². The molecule has 2 rings (SSSR count). The predicted octanol–water partition coefficient (Wildman–Crippen LogP) is 5.73. The van der Waals surface area contributed by atoms with Gasteiger partial charge in [0.2, 0.25) is 11.8 Å². The number of rotatable bonds is 12. The molecule has 6 nitrogen and oxygen atoms in total. The van der Waals surface area contributed by atoms with E-state index < -0.39 is 0 Å². The summed E-state index contributed by atoms with van der Waals surface area (Å²) in [6, 6.07) is 16.0. The van der Waals surface area contributed by atoms with E-state index in [1.807, 2.05) is 42.5 Å². The van der Waals surface area contributed by atoms with Crippen molar-refractivity contribution in [3.63, 3.8) is 0 Å². The summed E-state index contributed by atoms with van der Waals surface area (Å²) >= 11 is 0. The van der Waals surface area contributed by atoms with Crippen molar-refractivity contribution in [2.75, 3.05) is 36.8 Å². The van der Waals surface area contributed by atoms with Crippen LogP contribution in [0, 0.1) is 6.08 Å². The first-order valence-electron chi connectivity index (χ1n) is 12.4. The summed E-state index contributed by atoms with van der Waals surface area (Å²) in [5.41, 5.74) is 4.87. The Bertz CT molecular complexity index is 1000. The number of benzene rings is 2. The van der Waals surface area contributed by atoms with Crippen molar-refractivity contribution in [3.8, 4) is 0 Å². The van der Waals surface area contributed by atoms with Gasteiger partial charge in [-0.3, -0.25) is 19.4 Å². The zero-order valence-corrected chi connectivity index (χ0v) is 21.9. The Morgan fingerprint density at radius 2 is 1.29 bits per heavy atom. The number of likely N-dealkylation sites (N-methyl/N-ethyl adjacent to an activating group) is 1. The summed E-state index contributed by atoms with van der Waals surface area (Å²) in [5.74, 6) is -0.161. The van der Waals surface area contributed by atoms with Crippen LogP contribution < -0.4 is 10.6 Å². The average Bonchev–Trinajstić information content (AvgIpc) is 2.84. The molecule has 35 heavy (non-hydrogen) atoms. The summed E-state index contributed by atoms with van der Waals surface area (Å²) in [6.07, 6.45) is 7.62. The monoisotopic (exact) mass is 475 g/mol. The molecule has 186 valence electrons. The highest BCUT2D eigenvalue weighted by Gasteiger charge is 2.20. The molecule has 0 saturated carbocycles. The van der Waals surface area contributed by atoms with Crippen molar-refractivity contribution in [2.45, 2.75) is 47.6 Å². The normalized spacial score (nSPS) is 12.4. The van der Waals surface area contributed by atoms with Crippen LogP contribution in [-0.4, -0.2) is 47.8 Å². The Hall–Kier alpha value is -3.47. The lowest BCUT2D eigenvalue weighted by Gasteiger charge is -2.26. The molecular weight excluding hydrogens is 436 g/mol. The zero-order chi connectivity index (χ0) is 25.8. The number of nitrogens with zero attached hydrogens (tertiary/aromatic N) is 2. The molecule has 2 aromatic carbocycles. The van der Waals surface area contributed by atoms with Crippen molar-refractivity contribution in [1.29, 1.82) is 0 Å². The Kier molecular flexibility index (Phi) is 11.1. The van der Waals surface area contributed by atoms with E-state index in [2.05, 4.69) is 72.4 Å². The van der Waals surface area contributed by atoms with Gasteiger partial charge in [-0.2, -0.15) is 0 Å². The van der Waals surface area contributed by atoms with Crippen molar-refractivity contribution in [1.82, 2.24) is 9.80 Å². The Labute approximate surface area is 210 Å². The first-order valence-corrected chi connectivity index (χ1v) is 12.4. The van der Waals surface area contributed by atoms with Gasteiger partial charge >= 0.3 is 0 Å². The molecule has 0 aliphatic rings. The van der Waals surface area contributed by atoms with Crippen molar-refractivity contribution < 1.29 is 9.59 Å². The lowest BCUT2D eigenvalue weighted by Crippen LogP contribution is -2.27. The van der Waals surface area contributed by atoms with Crippen LogP contribution in [-0.2, 0) is 9.59 Å². The highest BCUT2D eigenvalue weighted by Crippen LogP contribution is 2.25. The van der Waals surface area contributed by atoms with Crippen LogP contribution >= 0.6 is 0 Å². The number of amides is 2. The molecule has 0 aliphatic heterocycles. The van der Waals surface area contributed by atoms with Crippen LogP contribution in [0.25, 0.3) is 5.70 Å². The fourth-order valence-corrected chi connectivity index (χ4v) is 4.06. The summed E-state index contributed by atoms with van der Waals surface area (Å²) < 4.78 is 0. The Morgan fingerprint density at radius 3 is 1.71 bits per heavy atom. The van der Waals surface area contributed by atoms with Gasteiger partial charge in [0, 0.05) is 38.3 Å². The number of hydrogen-bond donors (Lipinski definition) is 2. The predicted molar refractivity (Wildman–Crippen MR) is 146 cm³/mol. The second-order valence-electron chi connectivity index (χ2n) is 8.26. The quantitative estimate of drug-likeness (QED) is 0.304. The molecule has 0 saturated heterocycles. The fraction of sp³-hybridized carbons (Fsp3) is 0.379. The highest BCUT2D eigenvalue weighted by atomic mass is 16.2. The fourth-order valence-electron chi connectivity index (χ4n) is 4.06. The molecule has 0 radical (unpaired) electrons. The summed E-state index contributed by atoms with van der Waals surface area (Å²) in [5, 5.41) is 5.65. The maximum atomic E-state index is 11.4. The van der Waals surface area contributed by atoms with Gasteiger partial charge in [0.25, 0.3) is 0 Å². The Morgan fingerprint density at radius 1 is 0.800 bits per heavy atom. The van der Waals surface area contributed by atoms with Gasteiger partial charge in [0.15, 0.2) is 11.8 Å². The van der Waals surface area contributed by atoms with Crippen LogP contribution in [0.15, 0.2) is 60.7 Å². The van der Waals surface area contributed by atoms with Crippen LogP contribution in [0.1, 0.15) is 58.7 Å². The molecule has 2 aromatic rings. The number of hydrogen-bond acceptors (Lipinski definition) is 4. The lowest BCUT2D eigenvalue weighted by atomic mass is 10.0. The molecule has 0 heterocycles. The maximum Gasteiger partial charge on any atom is 0.221 e. The van der Waals surface area contributed by atoms with Crippen molar-refractivity contribution >= 4 is 28.9 Å². The molecule has 2 N–H and O–H groups in total. The number of carbonyl (C=O) groups is 2. The number of carbonyl (C=O) groups excluding carboxylic acids is 2. The molecule has 0 bridgehead atoms. The molecular formula is C29H39N4O2+. The molecule has 0 aromatic heterocycles. The van der Waals surface area contributed by atoms with E-state index in [1.54, 1.807) is 0 Å². The maximum absolute atomic E-state index is 11.4. The number of anilines is 2. The summed E-state index contributed by atoms with van der Waals surface area (Å²) in [7, 11) is 0. The number of allylic oxidation sites excluding steroid dienone is 2. The third-order valence-electron chi connectivity index (χ3n) is 5.86. The zero-order valence-electron chi connectivity index (χ0n) is 21.9. The van der Waals surface area contributed by atoms with Gasteiger partial charge in [-0.15, -0.1) is 0 Å². The minimum atomic E-state index is -0.0823. The average molecular weight is 476 g/mol. The van der Waals surface area contributed by atoms with E-state index in [0.29, 0.717) is 0 Å². The van der Waals surface area contributed by atoms with Gasteiger partial charge in [0.1, 0.15) is 0 Å². The van der Waals surface area contributed by atoms with E-state index in [4.69, 9.17) is 0 Å². The second-order valence-corrected chi connectivity index (χ2v) is 8.26. The largest absolute Gasteiger partial charge is 0.326 e. The van der Waals surface area contributed by atoms with Crippen LogP contribution in [0.2, 0.25) is 0 Å². The molecule has 1 unspecified atom stereocenters. The highest BCUT2D eigenvalue weighted by molar-refractivity contribution is 5.89. The summed E-state index contributed by atoms with van der Waals surface area (Å²) in [6.45, 7) is 15.2. The van der Waals surface area contributed by atoms with E-state index in [1.165, 1.54) is 13.8 Å². The summed E-state index contributed by atoms with van der Waals surface area (Å²) in [4.78, 5) is 27.4. The van der Waals surface area contributed by atoms with E-state index >= 15 is 0 Å². The Balaban J connectivity index is 2.39. The van der Waals surface area contributed by atoms with Gasteiger partial charge in [-0.05, 0) is 68.9 Å². The van der Waals surface area contributed by atoms with Gasteiger partial charge in [0.05, 0.1) is 23.8 Å². The minimum absolute atomic E-state index is 0.0627. The van der Waals surface area contributed by atoms with E-state index in [0.717, 1.165) is 54.4 Å². The van der Waals surface area contributed by atoms with Crippen LogP contribution in [0.4, 0.5) is 11.4 Å². The van der Waals surface area contributed by atoms with Gasteiger partial charge in [-0.25, -0.2) is 0 Å².